The summed E-state index contributed by atoms with van der Waals surface area (Å²) in [6.07, 6.45) is 0.615. The van der Waals surface area contributed by atoms with Gasteiger partial charge in [-0.2, -0.15) is 5.10 Å². The number of carbonyl (C=O) groups is 1. The molecular weight excluding hydrogens is 275 g/mol. The van der Waals surface area contributed by atoms with Crippen LogP contribution in [0.3, 0.4) is 0 Å². The lowest BCUT2D eigenvalue weighted by Crippen LogP contribution is -2.24. The van der Waals surface area contributed by atoms with E-state index in [2.05, 4.69) is 5.10 Å². The molecule has 1 aliphatic heterocycles. The number of hydrazone groups is 1. The maximum atomic E-state index is 13.4. The Labute approximate surface area is 120 Å². The fourth-order valence-corrected chi connectivity index (χ4v) is 3.09. The maximum absolute atomic E-state index is 13.4. The fraction of sp³-hybridized carbons (Fsp3) is 0.200. The molecule has 0 saturated carbocycles. The second-order valence-electron chi connectivity index (χ2n) is 4.66. The van der Waals surface area contributed by atoms with Gasteiger partial charge in [0, 0.05) is 13.3 Å². The number of hydrogen-bond acceptors (Lipinski definition) is 3. The third kappa shape index (κ3) is 2.36. The van der Waals surface area contributed by atoms with Gasteiger partial charge in [0.05, 0.1) is 16.6 Å². The first-order chi connectivity index (χ1) is 9.65. The summed E-state index contributed by atoms with van der Waals surface area (Å²) >= 11 is 1.59. The number of halogens is 1. The Morgan fingerprint density at radius 2 is 2.25 bits per heavy atom. The molecule has 20 heavy (non-hydrogen) atoms. The molecule has 1 aliphatic rings. The Kier molecular flexibility index (Phi) is 3.36. The molecule has 2 heterocycles. The van der Waals surface area contributed by atoms with Gasteiger partial charge in [-0.15, -0.1) is 11.3 Å². The van der Waals surface area contributed by atoms with Crippen LogP contribution in [0.5, 0.6) is 0 Å². The van der Waals surface area contributed by atoms with Crippen molar-refractivity contribution in [1.29, 1.82) is 0 Å². The number of amides is 1. The first-order valence-electron chi connectivity index (χ1n) is 6.32. The Morgan fingerprint density at radius 3 is 2.90 bits per heavy atom. The van der Waals surface area contributed by atoms with Gasteiger partial charge in [-0.3, -0.25) is 4.79 Å². The van der Waals surface area contributed by atoms with Crippen LogP contribution >= 0.6 is 11.3 Å². The second kappa shape index (κ2) is 5.17. The minimum atomic E-state index is -0.296. The predicted molar refractivity (Wildman–Crippen MR) is 77.1 cm³/mol. The van der Waals surface area contributed by atoms with Crippen molar-refractivity contribution in [3.8, 4) is 0 Å². The van der Waals surface area contributed by atoms with E-state index in [1.165, 1.54) is 24.1 Å². The minimum absolute atomic E-state index is 0.134. The quantitative estimate of drug-likeness (QED) is 0.831. The third-order valence-corrected chi connectivity index (χ3v) is 4.19. The average Bonchev–Trinajstić information content (AvgIpc) is 3.08. The topological polar surface area (TPSA) is 32.7 Å². The zero-order valence-electron chi connectivity index (χ0n) is 10.9. The molecule has 5 heteroatoms. The average molecular weight is 288 g/mol. The summed E-state index contributed by atoms with van der Waals surface area (Å²) in [5.74, 6) is -0.429. The van der Waals surface area contributed by atoms with Gasteiger partial charge >= 0.3 is 0 Å². The van der Waals surface area contributed by atoms with Crippen molar-refractivity contribution in [1.82, 2.24) is 5.01 Å². The van der Waals surface area contributed by atoms with Crippen molar-refractivity contribution in [2.75, 3.05) is 0 Å². The van der Waals surface area contributed by atoms with Gasteiger partial charge in [-0.1, -0.05) is 18.2 Å². The van der Waals surface area contributed by atoms with E-state index in [1.807, 2.05) is 23.6 Å². The molecule has 1 aromatic heterocycles. The van der Waals surface area contributed by atoms with E-state index in [-0.39, 0.29) is 17.8 Å². The van der Waals surface area contributed by atoms with E-state index in [0.29, 0.717) is 6.42 Å². The number of thiophene rings is 1. The molecule has 1 unspecified atom stereocenters. The smallest absolute Gasteiger partial charge is 0.240 e. The van der Waals surface area contributed by atoms with Crippen LogP contribution in [0, 0.1) is 5.82 Å². The van der Waals surface area contributed by atoms with Gasteiger partial charge in [0.15, 0.2) is 0 Å². The highest BCUT2D eigenvalue weighted by atomic mass is 32.1. The molecule has 0 fully saturated rings. The molecular formula is C15H13FN2OS. The fourth-order valence-electron chi connectivity index (χ4n) is 2.37. The normalized spacial score (nSPS) is 18.2. The van der Waals surface area contributed by atoms with Crippen LogP contribution in [0.4, 0.5) is 4.39 Å². The summed E-state index contributed by atoms with van der Waals surface area (Å²) in [6, 6.07) is 10.1. The third-order valence-electron chi connectivity index (χ3n) is 3.27. The van der Waals surface area contributed by atoms with Crippen molar-refractivity contribution in [2.45, 2.75) is 19.4 Å². The molecule has 0 bridgehead atoms. The summed E-state index contributed by atoms with van der Waals surface area (Å²) in [5, 5.41) is 7.83. The largest absolute Gasteiger partial charge is 0.273 e. The van der Waals surface area contributed by atoms with E-state index in [4.69, 9.17) is 0 Å². The Morgan fingerprint density at radius 1 is 1.40 bits per heavy atom. The molecule has 3 rings (SSSR count). The molecule has 102 valence electrons. The molecule has 1 aromatic carbocycles. The van der Waals surface area contributed by atoms with Crippen LogP contribution < -0.4 is 0 Å². The van der Waals surface area contributed by atoms with Gasteiger partial charge in [0.25, 0.3) is 0 Å². The highest BCUT2D eigenvalue weighted by Gasteiger charge is 2.31. The van der Waals surface area contributed by atoms with Crippen LogP contribution in [0.1, 0.15) is 29.8 Å². The number of hydrogen-bond donors (Lipinski definition) is 0. The molecule has 0 aliphatic carbocycles. The first kappa shape index (κ1) is 13.0. The molecule has 0 N–H and O–H groups in total. The molecule has 0 spiro atoms. The van der Waals surface area contributed by atoms with Crippen molar-refractivity contribution < 1.29 is 9.18 Å². The van der Waals surface area contributed by atoms with Crippen LogP contribution in [0.25, 0.3) is 0 Å². The standard InChI is InChI=1S/C15H13FN2OS/c1-10(19)18-14(11-4-2-5-12(16)8-11)9-13(17-18)15-6-3-7-20-15/h2-8,14H,9H2,1H3. The van der Waals surface area contributed by atoms with E-state index in [0.717, 1.165) is 16.2 Å². The number of benzene rings is 1. The highest BCUT2D eigenvalue weighted by molar-refractivity contribution is 7.12. The lowest BCUT2D eigenvalue weighted by Gasteiger charge is -2.20. The second-order valence-corrected chi connectivity index (χ2v) is 5.61. The van der Waals surface area contributed by atoms with Crippen molar-refractivity contribution >= 4 is 23.0 Å². The summed E-state index contributed by atoms with van der Waals surface area (Å²) in [6.45, 7) is 1.48. The summed E-state index contributed by atoms with van der Waals surface area (Å²) in [4.78, 5) is 12.8. The van der Waals surface area contributed by atoms with E-state index in [1.54, 1.807) is 17.4 Å². The minimum Gasteiger partial charge on any atom is -0.273 e. The van der Waals surface area contributed by atoms with Crippen LogP contribution in [-0.4, -0.2) is 16.6 Å². The zero-order chi connectivity index (χ0) is 14.1. The van der Waals surface area contributed by atoms with Crippen LogP contribution in [0.2, 0.25) is 0 Å². The Balaban J connectivity index is 1.95. The van der Waals surface area contributed by atoms with E-state index >= 15 is 0 Å². The summed E-state index contributed by atoms with van der Waals surface area (Å²) in [5.41, 5.74) is 1.65. The molecule has 2 aromatic rings. The van der Waals surface area contributed by atoms with Gasteiger partial charge in [-0.05, 0) is 29.1 Å². The zero-order valence-corrected chi connectivity index (χ0v) is 11.7. The Bertz CT molecular complexity index is 666. The van der Waals surface area contributed by atoms with Crippen LogP contribution in [0.15, 0.2) is 46.9 Å². The SMILES string of the molecule is CC(=O)N1N=C(c2cccs2)CC1c1cccc(F)c1. The molecule has 3 nitrogen and oxygen atoms in total. The van der Waals surface area contributed by atoms with Crippen LogP contribution in [-0.2, 0) is 4.79 Å². The molecule has 0 saturated heterocycles. The lowest BCUT2D eigenvalue weighted by atomic mass is 10.0. The lowest BCUT2D eigenvalue weighted by molar-refractivity contribution is -0.130. The van der Waals surface area contributed by atoms with Crippen molar-refractivity contribution in [3.05, 3.63) is 58.0 Å². The predicted octanol–water partition coefficient (Wildman–Crippen LogP) is 3.58. The highest BCUT2D eigenvalue weighted by Crippen LogP contribution is 2.33. The monoisotopic (exact) mass is 288 g/mol. The molecule has 1 atom stereocenters. The van der Waals surface area contributed by atoms with Gasteiger partial charge < -0.3 is 0 Å². The number of carbonyl (C=O) groups excluding carboxylic acids is 1. The summed E-state index contributed by atoms with van der Waals surface area (Å²) in [7, 11) is 0. The first-order valence-corrected chi connectivity index (χ1v) is 7.20. The number of nitrogens with zero attached hydrogens (tertiary/aromatic N) is 2. The van der Waals surface area contributed by atoms with Crippen molar-refractivity contribution in [2.24, 2.45) is 5.10 Å². The Hall–Kier alpha value is -2.01. The summed E-state index contributed by atoms with van der Waals surface area (Å²) < 4.78 is 13.4. The van der Waals surface area contributed by atoms with E-state index in [9.17, 15) is 9.18 Å². The maximum Gasteiger partial charge on any atom is 0.240 e. The van der Waals surface area contributed by atoms with Gasteiger partial charge in [0.1, 0.15) is 5.82 Å². The van der Waals surface area contributed by atoms with E-state index < -0.39 is 0 Å². The molecule has 1 amide bonds. The molecule has 0 radical (unpaired) electrons. The number of rotatable bonds is 2. The van der Waals surface area contributed by atoms with Gasteiger partial charge in [0.2, 0.25) is 5.91 Å². The van der Waals surface area contributed by atoms with Crippen molar-refractivity contribution in [3.63, 3.8) is 0 Å². The van der Waals surface area contributed by atoms with Gasteiger partial charge in [-0.25, -0.2) is 9.40 Å².